The van der Waals surface area contributed by atoms with Crippen molar-refractivity contribution in [1.82, 2.24) is 0 Å². The van der Waals surface area contributed by atoms with Crippen LogP contribution < -0.4 is 0 Å². The number of aliphatic hydroxyl groups excluding tert-OH is 1. The Morgan fingerprint density at radius 1 is 0.309 bits per heavy atom. The number of carbonyl (C=O) groups excluding carboxylic acids is 4. The summed E-state index contributed by atoms with van der Waals surface area (Å²) in [5.41, 5.74) is 0. The van der Waals surface area contributed by atoms with Crippen molar-refractivity contribution < 1.29 is 80.2 Å². The Balaban J connectivity index is 5.25. The van der Waals surface area contributed by atoms with Crippen LogP contribution in [-0.4, -0.2) is 96.7 Å². The number of carbonyl (C=O) groups is 4. The van der Waals surface area contributed by atoms with E-state index in [1.165, 1.54) is 186 Å². The fraction of sp³-hybridized carbons (Fsp3) is 0.947. The summed E-state index contributed by atoms with van der Waals surface area (Å²) in [5, 5.41) is 10.6. The highest BCUT2D eigenvalue weighted by molar-refractivity contribution is 7.47. The molecule has 0 radical (unpaired) electrons. The van der Waals surface area contributed by atoms with Gasteiger partial charge in [-0.05, 0) is 43.4 Å². The predicted molar refractivity (Wildman–Crippen MR) is 381 cm³/mol. The fourth-order valence-electron chi connectivity index (χ4n) is 11.4. The zero-order valence-electron chi connectivity index (χ0n) is 61.4. The number of hydrogen-bond acceptors (Lipinski definition) is 15. The third kappa shape index (κ3) is 67.3. The number of rotatable bonds is 73. The molecule has 17 nitrogen and oxygen atoms in total. The molecule has 0 saturated carbocycles. The van der Waals surface area contributed by atoms with E-state index in [9.17, 15) is 43.2 Å². The van der Waals surface area contributed by atoms with Gasteiger partial charge in [0.05, 0.1) is 26.4 Å². The quantitative estimate of drug-likeness (QED) is 0.0222. The summed E-state index contributed by atoms with van der Waals surface area (Å²) in [4.78, 5) is 72.8. The number of unbranched alkanes of at least 4 members (excludes halogenated alkanes) is 40. The van der Waals surface area contributed by atoms with Crippen LogP contribution in [0.15, 0.2) is 0 Å². The van der Waals surface area contributed by atoms with Gasteiger partial charge in [-0.1, -0.05) is 331 Å². The van der Waals surface area contributed by atoms with E-state index in [0.717, 1.165) is 114 Å². The number of hydrogen-bond donors (Lipinski definition) is 3. The molecule has 0 aliphatic heterocycles. The van der Waals surface area contributed by atoms with Gasteiger partial charge in [0.2, 0.25) is 0 Å². The van der Waals surface area contributed by atoms with Gasteiger partial charge in [-0.25, -0.2) is 9.13 Å². The Morgan fingerprint density at radius 3 is 0.809 bits per heavy atom. The van der Waals surface area contributed by atoms with E-state index in [1.807, 2.05) is 0 Å². The average Bonchev–Trinajstić information content (AvgIpc) is 1.37. The van der Waals surface area contributed by atoms with Crippen molar-refractivity contribution in [3.63, 3.8) is 0 Å². The summed E-state index contributed by atoms with van der Waals surface area (Å²) in [6.45, 7) is 11.8. The molecule has 3 unspecified atom stereocenters. The minimum atomic E-state index is -4.96. The number of phosphoric ester groups is 2. The summed E-state index contributed by atoms with van der Waals surface area (Å²) in [6, 6.07) is 0. The molecule has 19 heteroatoms. The van der Waals surface area contributed by atoms with Gasteiger partial charge in [0.1, 0.15) is 19.3 Å². The van der Waals surface area contributed by atoms with Crippen LogP contribution in [0.2, 0.25) is 0 Å². The van der Waals surface area contributed by atoms with Gasteiger partial charge in [-0.2, -0.15) is 0 Å². The Kier molecular flexibility index (Phi) is 64.3. The first kappa shape index (κ1) is 92.1. The summed E-state index contributed by atoms with van der Waals surface area (Å²) in [6.07, 6.45) is 51.3. The van der Waals surface area contributed by atoms with E-state index < -0.39 is 97.5 Å². The van der Waals surface area contributed by atoms with Crippen molar-refractivity contribution >= 4 is 39.5 Å². The van der Waals surface area contributed by atoms with Gasteiger partial charge < -0.3 is 33.8 Å². The van der Waals surface area contributed by atoms with E-state index in [-0.39, 0.29) is 25.7 Å². The van der Waals surface area contributed by atoms with Crippen LogP contribution >= 0.6 is 15.6 Å². The lowest BCUT2D eigenvalue weighted by molar-refractivity contribution is -0.161. The maximum atomic E-state index is 13.1. The zero-order chi connectivity index (χ0) is 69.4. The van der Waals surface area contributed by atoms with Crippen LogP contribution in [0.5, 0.6) is 0 Å². The maximum Gasteiger partial charge on any atom is 0.472 e. The molecular formula is C75H146O17P2. The normalized spacial score (nSPS) is 14.4. The van der Waals surface area contributed by atoms with Crippen molar-refractivity contribution in [3.05, 3.63) is 0 Å². The molecule has 3 N–H and O–H groups in total. The van der Waals surface area contributed by atoms with Gasteiger partial charge in [0.25, 0.3) is 0 Å². The van der Waals surface area contributed by atoms with Crippen molar-refractivity contribution in [2.45, 2.75) is 401 Å². The summed E-state index contributed by atoms with van der Waals surface area (Å²) in [7, 11) is -9.91. The van der Waals surface area contributed by atoms with E-state index in [0.29, 0.717) is 25.7 Å². The van der Waals surface area contributed by atoms with E-state index in [2.05, 4.69) is 48.5 Å². The van der Waals surface area contributed by atoms with Gasteiger partial charge in [-0.3, -0.25) is 37.3 Å². The van der Waals surface area contributed by atoms with Gasteiger partial charge in [0, 0.05) is 25.7 Å². The molecule has 6 atom stereocenters. The molecule has 0 saturated heterocycles. The smallest absolute Gasteiger partial charge is 0.462 e. The number of esters is 4. The SMILES string of the molecule is CCCCCCCCCCCCCCCCCCC(=O)OC[C@H](COP(=O)(O)OC[C@@H](O)COP(=O)(O)OC[C@@H](COC(=O)CCCCCCCCC(C)CC)OC(=O)CCCCCCCCCCCC(C)C)OC(=O)CCCCCCCCCCCCCCCC(C)C. The Morgan fingerprint density at radius 2 is 0.543 bits per heavy atom. The third-order valence-electron chi connectivity index (χ3n) is 17.7. The highest BCUT2D eigenvalue weighted by Gasteiger charge is 2.30. The maximum absolute atomic E-state index is 13.1. The average molecular weight is 1380 g/mol. The molecule has 0 rings (SSSR count). The van der Waals surface area contributed by atoms with Crippen LogP contribution in [0.4, 0.5) is 0 Å². The second-order valence-corrected chi connectivity index (χ2v) is 31.1. The van der Waals surface area contributed by atoms with Crippen molar-refractivity contribution in [2.24, 2.45) is 17.8 Å². The zero-order valence-corrected chi connectivity index (χ0v) is 63.2. The van der Waals surface area contributed by atoms with Crippen LogP contribution in [0, 0.1) is 17.8 Å². The molecule has 0 heterocycles. The topological polar surface area (TPSA) is 237 Å². The number of ether oxygens (including phenoxy) is 4. The second-order valence-electron chi connectivity index (χ2n) is 28.2. The molecule has 0 aromatic heterocycles. The van der Waals surface area contributed by atoms with Crippen LogP contribution in [-0.2, 0) is 65.4 Å². The second kappa shape index (κ2) is 65.7. The fourth-order valence-corrected chi connectivity index (χ4v) is 13.0. The number of phosphoric acid groups is 2. The van der Waals surface area contributed by atoms with Crippen molar-refractivity contribution in [1.29, 1.82) is 0 Å². The molecule has 0 spiro atoms. The molecule has 0 aromatic rings. The Hall–Kier alpha value is -1.94. The first-order valence-corrected chi connectivity index (χ1v) is 41.9. The molecule has 0 aliphatic rings. The highest BCUT2D eigenvalue weighted by atomic mass is 31.2. The molecule has 0 fully saturated rings. The Labute approximate surface area is 575 Å². The highest BCUT2D eigenvalue weighted by Crippen LogP contribution is 2.45. The molecule has 0 aliphatic carbocycles. The summed E-state index contributed by atoms with van der Waals surface area (Å²) in [5.74, 6) is 0.134. The van der Waals surface area contributed by atoms with E-state index in [1.54, 1.807) is 0 Å². The Bertz CT molecular complexity index is 1840. The van der Waals surface area contributed by atoms with Crippen molar-refractivity contribution in [2.75, 3.05) is 39.6 Å². The summed E-state index contributed by atoms with van der Waals surface area (Å²) < 4.78 is 68.5. The molecule has 0 bridgehead atoms. The minimum Gasteiger partial charge on any atom is -0.462 e. The minimum absolute atomic E-state index is 0.104. The van der Waals surface area contributed by atoms with Gasteiger partial charge in [0.15, 0.2) is 12.2 Å². The summed E-state index contributed by atoms with van der Waals surface area (Å²) >= 11 is 0. The lowest BCUT2D eigenvalue weighted by Gasteiger charge is -2.21. The molecule has 558 valence electrons. The lowest BCUT2D eigenvalue weighted by atomic mass is 10.00. The molecule has 0 amide bonds. The van der Waals surface area contributed by atoms with Crippen LogP contribution in [0.3, 0.4) is 0 Å². The van der Waals surface area contributed by atoms with Crippen LogP contribution in [0.25, 0.3) is 0 Å². The standard InChI is InChI=1S/C75H146O17P2/c1-8-10-11-12-13-14-15-16-17-18-21-24-29-34-42-49-56-72(77)85-62-70(91-74(79)58-51-44-35-30-25-22-19-20-23-27-32-39-46-53-66(3)4)64-89-93(81,82)87-60-69(76)61-88-94(83,84)90-65-71(63-86-73(78)57-50-43-38-37-41-48-55-68(7)9-2)92-75(80)59-52-45-36-31-26-28-33-40-47-54-67(5)6/h66-71,76H,8-65H2,1-7H3,(H,81,82)(H,83,84)/t68?,69-,70-,71-/m1/s1. The molecular weight excluding hydrogens is 1230 g/mol. The predicted octanol–water partition coefficient (Wildman–Crippen LogP) is 21.8. The van der Waals surface area contributed by atoms with E-state index >= 15 is 0 Å². The van der Waals surface area contributed by atoms with Gasteiger partial charge >= 0.3 is 39.5 Å². The first-order chi connectivity index (χ1) is 45.3. The van der Waals surface area contributed by atoms with E-state index in [4.69, 9.17) is 37.0 Å². The monoisotopic (exact) mass is 1380 g/mol. The lowest BCUT2D eigenvalue weighted by Crippen LogP contribution is -2.30. The third-order valence-corrected chi connectivity index (χ3v) is 19.6. The first-order valence-electron chi connectivity index (χ1n) is 38.9. The van der Waals surface area contributed by atoms with Gasteiger partial charge in [-0.15, -0.1) is 0 Å². The van der Waals surface area contributed by atoms with Crippen LogP contribution in [0.1, 0.15) is 382 Å². The molecule has 0 aromatic carbocycles. The number of aliphatic hydroxyl groups is 1. The largest absolute Gasteiger partial charge is 0.472 e. The molecule has 94 heavy (non-hydrogen) atoms. The van der Waals surface area contributed by atoms with Crippen molar-refractivity contribution in [3.8, 4) is 0 Å².